The zero-order chi connectivity index (χ0) is 10.4. The molecule has 0 fully saturated rings. The average Bonchev–Trinajstić information content (AvgIpc) is 2.14. The van der Waals surface area contributed by atoms with Gasteiger partial charge in [-0.15, -0.1) is 0 Å². The summed E-state index contributed by atoms with van der Waals surface area (Å²) in [5, 5.41) is 0. The minimum Gasteiger partial charge on any atom is -0.460 e. The SMILES string of the molecule is CCC(C)[SiH](C)O[SiH](C)C(C)CC. The van der Waals surface area contributed by atoms with Gasteiger partial charge in [-0.1, -0.05) is 40.5 Å². The molecule has 0 N–H and O–H groups in total. The van der Waals surface area contributed by atoms with Gasteiger partial charge in [0.15, 0.2) is 18.1 Å². The molecule has 3 heteroatoms. The Kier molecular flexibility index (Phi) is 7.00. The zero-order valence-electron chi connectivity index (χ0n) is 10.1. The number of hydrogen-bond donors (Lipinski definition) is 0. The van der Waals surface area contributed by atoms with Gasteiger partial charge in [0.2, 0.25) is 0 Å². The van der Waals surface area contributed by atoms with E-state index in [1.807, 2.05) is 0 Å². The Balaban J connectivity index is 3.83. The van der Waals surface area contributed by atoms with Crippen molar-refractivity contribution in [2.24, 2.45) is 0 Å². The van der Waals surface area contributed by atoms with Crippen LogP contribution in [0.1, 0.15) is 40.5 Å². The highest BCUT2D eigenvalue weighted by atomic mass is 28.4. The molecule has 13 heavy (non-hydrogen) atoms. The molecule has 0 aliphatic heterocycles. The first kappa shape index (κ1) is 13.4. The Morgan fingerprint density at radius 2 is 1.23 bits per heavy atom. The molecule has 0 aliphatic rings. The second-order valence-corrected chi connectivity index (χ2v) is 10.5. The van der Waals surface area contributed by atoms with Crippen LogP contribution in [0.15, 0.2) is 0 Å². The van der Waals surface area contributed by atoms with Gasteiger partial charge in [0, 0.05) is 0 Å². The Hall–Kier alpha value is 0.394. The van der Waals surface area contributed by atoms with E-state index < -0.39 is 18.1 Å². The van der Waals surface area contributed by atoms with Crippen molar-refractivity contribution in [1.82, 2.24) is 0 Å². The van der Waals surface area contributed by atoms with E-state index >= 15 is 0 Å². The Morgan fingerprint density at radius 3 is 1.46 bits per heavy atom. The standard InChI is InChI=1S/C10H26OSi2/c1-7-9(3)12(5)11-13(6)10(4)8-2/h9-10,12-13H,7-8H2,1-6H3. The molecule has 0 aliphatic carbocycles. The molecule has 0 saturated carbocycles. The highest BCUT2D eigenvalue weighted by Crippen LogP contribution is 2.20. The van der Waals surface area contributed by atoms with Gasteiger partial charge in [-0.3, -0.25) is 0 Å². The first-order chi connectivity index (χ1) is 6.02. The van der Waals surface area contributed by atoms with Gasteiger partial charge in [-0.05, 0) is 24.2 Å². The largest absolute Gasteiger partial charge is 0.460 e. The van der Waals surface area contributed by atoms with Crippen molar-refractivity contribution in [3.63, 3.8) is 0 Å². The second kappa shape index (κ2) is 6.79. The molecule has 4 atom stereocenters. The quantitative estimate of drug-likeness (QED) is 0.622. The molecule has 0 amide bonds. The first-order valence-corrected chi connectivity index (χ1v) is 10.3. The minimum absolute atomic E-state index is 0.846. The van der Waals surface area contributed by atoms with Gasteiger partial charge >= 0.3 is 0 Å². The molecule has 0 aromatic heterocycles. The van der Waals surface area contributed by atoms with Crippen LogP contribution in [0.2, 0.25) is 24.2 Å². The van der Waals surface area contributed by atoms with Crippen molar-refractivity contribution in [3.05, 3.63) is 0 Å². The normalized spacial score (nSPS) is 20.8. The summed E-state index contributed by atoms with van der Waals surface area (Å²) < 4.78 is 6.23. The lowest BCUT2D eigenvalue weighted by Crippen LogP contribution is -2.30. The van der Waals surface area contributed by atoms with Gasteiger partial charge in [0.1, 0.15) is 0 Å². The second-order valence-electron chi connectivity index (χ2n) is 4.32. The highest BCUT2D eigenvalue weighted by Gasteiger charge is 2.19. The smallest absolute Gasteiger partial charge is 0.162 e. The molecule has 1 nitrogen and oxygen atoms in total. The Morgan fingerprint density at radius 1 is 0.923 bits per heavy atom. The summed E-state index contributed by atoms with van der Waals surface area (Å²) >= 11 is 0. The molecule has 0 heterocycles. The first-order valence-electron chi connectivity index (χ1n) is 5.68. The molecule has 4 unspecified atom stereocenters. The third kappa shape index (κ3) is 4.98. The summed E-state index contributed by atoms with van der Waals surface area (Å²) in [6.07, 6.45) is 2.57. The van der Waals surface area contributed by atoms with E-state index in [0.717, 1.165) is 11.1 Å². The number of hydrogen-bond acceptors (Lipinski definition) is 1. The molecule has 0 bridgehead atoms. The predicted molar refractivity (Wildman–Crippen MR) is 66.5 cm³/mol. The van der Waals surface area contributed by atoms with Crippen LogP contribution in [-0.4, -0.2) is 18.1 Å². The topological polar surface area (TPSA) is 9.23 Å². The summed E-state index contributed by atoms with van der Waals surface area (Å²) in [5.74, 6) is 0. The lowest BCUT2D eigenvalue weighted by molar-refractivity contribution is 0.544. The van der Waals surface area contributed by atoms with Crippen molar-refractivity contribution >= 4 is 18.1 Å². The lowest BCUT2D eigenvalue weighted by Gasteiger charge is -2.25. The molecular weight excluding hydrogens is 192 g/mol. The Labute approximate surface area is 87.3 Å². The van der Waals surface area contributed by atoms with E-state index in [1.165, 1.54) is 12.8 Å². The van der Waals surface area contributed by atoms with Gasteiger partial charge in [-0.2, -0.15) is 0 Å². The van der Waals surface area contributed by atoms with Crippen LogP contribution in [0, 0.1) is 0 Å². The van der Waals surface area contributed by atoms with Crippen LogP contribution in [0.25, 0.3) is 0 Å². The van der Waals surface area contributed by atoms with E-state index in [4.69, 9.17) is 4.12 Å². The minimum atomic E-state index is -0.863. The van der Waals surface area contributed by atoms with E-state index in [-0.39, 0.29) is 0 Å². The Bertz CT molecular complexity index is 116. The maximum absolute atomic E-state index is 6.23. The fraction of sp³-hybridized carbons (Fsp3) is 1.00. The third-order valence-electron chi connectivity index (χ3n) is 3.32. The fourth-order valence-corrected chi connectivity index (χ4v) is 7.45. The van der Waals surface area contributed by atoms with Crippen LogP contribution in [0.5, 0.6) is 0 Å². The van der Waals surface area contributed by atoms with Crippen LogP contribution in [0.3, 0.4) is 0 Å². The summed E-state index contributed by atoms with van der Waals surface area (Å²) in [4.78, 5) is 0. The highest BCUT2D eigenvalue weighted by molar-refractivity contribution is 6.66. The zero-order valence-corrected chi connectivity index (χ0v) is 12.4. The molecule has 0 aromatic rings. The van der Waals surface area contributed by atoms with E-state index in [9.17, 15) is 0 Å². The van der Waals surface area contributed by atoms with Gasteiger partial charge < -0.3 is 4.12 Å². The molecule has 0 aromatic carbocycles. The molecule has 0 saturated heterocycles. The lowest BCUT2D eigenvalue weighted by atomic mass is 10.4. The van der Waals surface area contributed by atoms with E-state index in [2.05, 4.69) is 40.8 Å². The van der Waals surface area contributed by atoms with Crippen LogP contribution >= 0.6 is 0 Å². The van der Waals surface area contributed by atoms with Crippen molar-refractivity contribution in [1.29, 1.82) is 0 Å². The monoisotopic (exact) mass is 218 g/mol. The van der Waals surface area contributed by atoms with Gasteiger partial charge in [0.25, 0.3) is 0 Å². The van der Waals surface area contributed by atoms with Crippen molar-refractivity contribution in [3.8, 4) is 0 Å². The summed E-state index contributed by atoms with van der Waals surface area (Å²) in [7, 11) is -1.73. The van der Waals surface area contributed by atoms with Gasteiger partial charge in [0.05, 0.1) is 0 Å². The number of rotatable bonds is 6. The van der Waals surface area contributed by atoms with Crippen LogP contribution in [0.4, 0.5) is 0 Å². The fourth-order valence-electron chi connectivity index (χ4n) is 1.27. The van der Waals surface area contributed by atoms with E-state index in [1.54, 1.807) is 0 Å². The van der Waals surface area contributed by atoms with Crippen LogP contribution < -0.4 is 0 Å². The van der Waals surface area contributed by atoms with Crippen LogP contribution in [-0.2, 0) is 4.12 Å². The molecule has 0 spiro atoms. The van der Waals surface area contributed by atoms with Crippen molar-refractivity contribution in [2.75, 3.05) is 0 Å². The van der Waals surface area contributed by atoms with Crippen molar-refractivity contribution in [2.45, 2.75) is 64.7 Å². The van der Waals surface area contributed by atoms with E-state index in [0.29, 0.717) is 0 Å². The maximum atomic E-state index is 6.23. The average molecular weight is 218 g/mol. The predicted octanol–water partition coefficient (Wildman–Crippen LogP) is 3.31. The van der Waals surface area contributed by atoms with Crippen molar-refractivity contribution < 1.29 is 4.12 Å². The molecule has 0 rings (SSSR count). The third-order valence-corrected chi connectivity index (χ3v) is 10.9. The molecule has 0 radical (unpaired) electrons. The molecular formula is C10H26OSi2. The summed E-state index contributed by atoms with van der Waals surface area (Å²) in [6.45, 7) is 13.9. The maximum Gasteiger partial charge on any atom is 0.162 e. The summed E-state index contributed by atoms with van der Waals surface area (Å²) in [5.41, 5.74) is 1.69. The van der Waals surface area contributed by atoms with Gasteiger partial charge in [-0.25, -0.2) is 0 Å². The summed E-state index contributed by atoms with van der Waals surface area (Å²) in [6, 6.07) is 0. The molecule has 80 valence electrons.